The fraction of sp³-hybridized carbons (Fsp3) is 0.421. The van der Waals surface area contributed by atoms with Gasteiger partial charge in [-0.25, -0.2) is 14.4 Å². The molecule has 6 nitrogen and oxygen atoms in total. The molecule has 0 unspecified atom stereocenters. The minimum absolute atomic E-state index is 0. The Kier molecular flexibility index (Phi) is 9.76. The van der Waals surface area contributed by atoms with Crippen LogP contribution in [0.4, 0.5) is 10.3 Å². The number of rotatable bonds is 6. The molecule has 0 bridgehead atoms. The Hall–Kier alpha value is -1.62. The summed E-state index contributed by atoms with van der Waals surface area (Å²) in [5.74, 6) is 3.14. The maximum atomic E-state index is 13.6. The van der Waals surface area contributed by atoms with Crippen molar-refractivity contribution < 1.29 is 4.39 Å². The molecule has 1 aromatic heterocycles. The van der Waals surface area contributed by atoms with Gasteiger partial charge in [-0.1, -0.05) is 18.2 Å². The lowest BCUT2D eigenvalue weighted by Crippen LogP contribution is -2.53. The Balaban J connectivity index is 0.00000280. The fourth-order valence-electron chi connectivity index (χ4n) is 2.94. The van der Waals surface area contributed by atoms with Crippen LogP contribution in [-0.2, 0) is 5.75 Å². The minimum Gasteiger partial charge on any atom is -0.355 e. The number of aromatic nitrogens is 2. The van der Waals surface area contributed by atoms with Crippen LogP contribution in [0.3, 0.4) is 0 Å². The normalized spacial score (nSPS) is 14.6. The molecule has 0 amide bonds. The van der Waals surface area contributed by atoms with Gasteiger partial charge in [0.25, 0.3) is 0 Å². The van der Waals surface area contributed by atoms with E-state index in [0.717, 1.165) is 55.9 Å². The second kappa shape index (κ2) is 12.1. The van der Waals surface area contributed by atoms with Gasteiger partial charge < -0.3 is 15.1 Å². The van der Waals surface area contributed by atoms with Gasteiger partial charge >= 0.3 is 0 Å². The van der Waals surface area contributed by atoms with E-state index in [9.17, 15) is 4.39 Å². The van der Waals surface area contributed by atoms with Gasteiger partial charge in [0.15, 0.2) is 5.96 Å². The molecule has 0 atom stereocenters. The standard InChI is InChI=1S/C19H25FN6S.HI/c1-21-18(24-9-14-27-15-16-5-2-3-6-17(16)20)25-10-12-26(13-11-25)19-22-7-4-8-23-19;/h2-8H,9-15H2,1H3,(H,21,24);1H. The van der Waals surface area contributed by atoms with Crippen LogP contribution in [0.2, 0.25) is 0 Å². The van der Waals surface area contributed by atoms with E-state index in [4.69, 9.17) is 0 Å². The van der Waals surface area contributed by atoms with Crippen molar-refractivity contribution in [2.75, 3.05) is 50.4 Å². The number of piperazine rings is 1. The van der Waals surface area contributed by atoms with Crippen molar-refractivity contribution in [1.82, 2.24) is 20.2 Å². The maximum Gasteiger partial charge on any atom is 0.225 e. The first-order valence-electron chi connectivity index (χ1n) is 9.06. The summed E-state index contributed by atoms with van der Waals surface area (Å²) in [7, 11) is 1.81. The smallest absolute Gasteiger partial charge is 0.225 e. The number of aliphatic imine (C=N–C) groups is 1. The number of hydrogen-bond acceptors (Lipinski definition) is 5. The third-order valence-electron chi connectivity index (χ3n) is 4.37. The summed E-state index contributed by atoms with van der Waals surface area (Å²) in [4.78, 5) is 17.5. The van der Waals surface area contributed by atoms with Gasteiger partial charge in [-0.15, -0.1) is 24.0 Å². The maximum absolute atomic E-state index is 13.6. The van der Waals surface area contributed by atoms with E-state index in [2.05, 4.69) is 30.1 Å². The Labute approximate surface area is 187 Å². The molecule has 28 heavy (non-hydrogen) atoms. The molecule has 1 aliphatic heterocycles. The minimum atomic E-state index is -0.131. The summed E-state index contributed by atoms with van der Waals surface area (Å²) in [6.07, 6.45) is 3.54. The molecule has 1 fully saturated rings. The van der Waals surface area contributed by atoms with Gasteiger partial charge in [-0.3, -0.25) is 4.99 Å². The number of halogens is 2. The summed E-state index contributed by atoms with van der Waals surface area (Å²) >= 11 is 1.72. The van der Waals surface area contributed by atoms with E-state index >= 15 is 0 Å². The predicted molar refractivity (Wildman–Crippen MR) is 125 cm³/mol. The van der Waals surface area contributed by atoms with Crippen LogP contribution in [0.5, 0.6) is 0 Å². The fourth-order valence-corrected chi connectivity index (χ4v) is 3.78. The van der Waals surface area contributed by atoms with Gasteiger partial charge in [0.2, 0.25) is 5.95 Å². The molecule has 2 heterocycles. The Morgan fingerprint density at radius 2 is 1.86 bits per heavy atom. The Morgan fingerprint density at radius 1 is 1.14 bits per heavy atom. The lowest BCUT2D eigenvalue weighted by atomic mass is 10.2. The van der Waals surface area contributed by atoms with Crippen LogP contribution in [0.1, 0.15) is 5.56 Å². The molecular weight excluding hydrogens is 490 g/mol. The zero-order chi connectivity index (χ0) is 18.9. The van der Waals surface area contributed by atoms with Gasteiger partial charge in [0.05, 0.1) is 0 Å². The number of guanidine groups is 1. The molecule has 1 aromatic carbocycles. The zero-order valence-corrected chi connectivity index (χ0v) is 19.1. The molecule has 1 N–H and O–H groups in total. The van der Waals surface area contributed by atoms with E-state index in [1.54, 1.807) is 30.2 Å². The number of hydrogen-bond donors (Lipinski definition) is 1. The average Bonchev–Trinajstić information content (AvgIpc) is 2.73. The highest BCUT2D eigenvalue weighted by atomic mass is 127. The number of nitrogens with one attached hydrogen (secondary N) is 1. The SMILES string of the molecule is CN=C(NCCSCc1ccccc1F)N1CCN(c2ncccn2)CC1.I. The lowest BCUT2D eigenvalue weighted by molar-refractivity contribution is 0.371. The van der Waals surface area contributed by atoms with Crippen molar-refractivity contribution >= 4 is 47.6 Å². The second-order valence-corrected chi connectivity index (χ2v) is 7.25. The molecule has 9 heteroatoms. The third-order valence-corrected chi connectivity index (χ3v) is 5.38. The van der Waals surface area contributed by atoms with Gasteiger partial charge in [0.1, 0.15) is 5.82 Å². The second-order valence-electron chi connectivity index (χ2n) is 6.14. The van der Waals surface area contributed by atoms with Crippen LogP contribution < -0.4 is 10.2 Å². The van der Waals surface area contributed by atoms with E-state index in [0.29, 0.717) is 5.75 Å². The Bertz CT molecular complexity index is 740. The topological polar surface area (TPSA) is 56.7 Å². The largest absolute Gasteiger partial charge is 0.355 e. The molecule has 1 aliphatic rings. The van der Waals surface area contributed by atoms with Gasteiger partial charge in [-0.05, 0) is 17.7 Å². The first-order valence-corrected chi connectivity index (χ1v) is 10.2. The molecule has 2 aromatic rings. The van der Waals surface area contributed by atoms with Crippen LogP contribution in [0.25, 0.3) is 0 Å². The molecule has 152 valence electrons. The molecular formula is C19H26FIN6S. The van der Waals surface area contributed by atoms with Gasteiger partial charge in [-0.2, -0.15) is 11.8 Å². The average molecular weight is 516 g/mol. The Morgan fingerprint density at radius 3 is 2.54 bits per heavy atom. The van der Waals surface area contributed by atoms with Crippen molar-refractivity contribution in [2.24, 2.45) is 4.99 Å². The number of anilines is 1. The summed E-state index contributed by atoms with van der Waals surface area (Å²) in [6.45, 7) is 4.29. The molecule has 1 saturated heterocycles. The summed E-state index contributed by atoms with van der Waals surface area (Å²) in [6, 6.07) is 8.77. The van der Waals surface area contributed by atoms with E-state index in [1.165, 1.54) is 6.07 Å². The van der Waals surface area contributed by atoms with Crippen molar-refractivity contribution in [3.63, 3.8) is 0 Å². The van der Waals surface area contributed by atoms with Crippen molar-refractivity contribution in [1.29, 1.82) is 0 Å². The predicted octanol–water partition coefficient (Wildman–Crippen LogP) is 2.86. The number of benzene rings is 1. The highest BCUT2D eigenvalue weighted by Gasteiger charge is 2.20. The van der Waals surface area contributed by atoms with Crippen LogP contribution in [-0.4, -0.2) is 66.4 Å². The van der Waals surface area contributed by atoms with Crippen molar-refractivity contribution in [3.8, 4) is 0 Å². The molecule has 0 radical (unpaired) electrons. The molecule has 0 spiro atoms. The number of nitrogens with zero attached hydrogens (tertiary/aromatic N) is 5. The zero-order valence-electron chi connectivity index (χ0n) is 15.9. The van der Waals surface area contributed by atoms with Crippen LogP contribution >= 0.6 is 35.7 Å². The highest BCUT2D eigenvalue weighted by Crippen LogP contribution is 2.15. The van der Waals surface area contributed by atoms with Crippen molar-refractivity contribution in [2.45, 2.75) is 5.75 Å². The van der Waals surface area contributed by atoms with E-state index < -0.39 is 0 Å². The summed E-state index contributed by atoms with van der Waals surface area (Å²) in [5, 5.41) is 3.41. The summed E-state index contributed by atoms with van der Waals surface area (Å²) in [5.41, 5.74) is 0.756. The molecule has 0 saturated carbocycles. The van der Waals surface area contributed by atoms with Gasteiger partial charge in [0, 0.05) is 63.7 Å². The lowest BCUT2D eigenvalue weighted by Gasteiger charge is -2.36. The molecule has 3 rings (SSSR count). The quantitative estimate of drug-likeness (QED) is 0.276. The summed E-state index contributed by atoms with van der Waals surface area (Å²) < 4.78 is 13.6. The first-order chi connectivity index (χ1) is 13.3. The monoisotopic (exact) mass is 516 g/mol. The molecule has 0 aliphatic carbocycles. The van der Waals surface area contributed by atoms with Crippen molar-refractivity contribution in [3.05, 3.63) is 54.1 Å². The number of thioether (sulfide) groups is 1. The van der Waals surface area contributed by atoms with Crippen LogP contribution in [0.15, 0.2) is 47.7 Å². The van der Waals surface area contributed by atoms with E-state index in [1.807, 2.05) is 25.2 Å². The van der Waals surface area contributed by atoms with E-state index in [-0.39, 0.29) is 29.8 Å². The highest BCUT2D eigenvalue weighted by molar-refractivity contribution is 14.0. The van der Waals surface area contributed by atoms with Crippen LogP contribution in [0, 0.1) is 5.82 Å². The first kappa shape index (κ1) is 22.7. The third kappa shape index (κ3) is 6.47.